The van der Waals surface area contributed by atoms with Crippen molar-refractivity contribution in [2.24, 2.45) is 5.10 Å². The zero-order valence-electron chi connectivity index (χ0n) is 19.5. The molecule has 11 heteroatoms. The standard InChI is InChI=1S/C25H23N5O6/c1-35-22-10-8-16(12-23(22)36-2)13-24-27-18-5-3-4-6-19(18)29(24)15-25(32)28-26-14-17-7-9-21(31)20(11-17)30(33)34/h3-12,14,31H,13,15H2,1-2H3,(H,28,32)/b26-14-. The largest absolute Gasteiger partial charge is 0.502 e. The smallest absolute Gasteiger partial charge is 0.311 e. The van der Waals surface area contributed by atoms with Gasteiger partial charge in [0.25, 0.3) is 5.91 Å². The molecule has 4 aromatic rings. The Labute approximate surface area is 205 Å². The van der Waals surface area contributed by atoms with E-state index in [0.717, 1.165) is 22.7 Å². The molecule has 0 saturated heterocycles. The van der Waals surface area contributed by atoms with Crippen molar-refractivity contribution in [2.45, 2.75) is 13.0 Å². The molecule has 1 amide bonds. The predicted molar refractivity (Wildman–Crippen MR) is 133 cm³/mol. The first-order valence-corrected chi connectivity index (χ1v) is 10.8. The van der Waals surface area contributed by atoms with Crippen molar-refractivity contribution in [2.75, 3.05) is 14.2 Å². The number of amides is 1. The molecule has 11 nitrogen and oxygen atoms in total. The molecular formula is C25H23N5O6. The highest BCUT2D eigenvalue weighted by Gasteiger charge is 2.16. The third kappa shape index (κ3) is 5.25. The van der Waals surface area contributed by atoms with Gasteiger partial charge in [-0.25, -0.2) is 10.4 Å². The fraction of sp³-hybridized carbons (Fsp3) is 0.160. The van der Waals surface area contributed by atoms with Gasteiger partial charge in [-0.2, -0.15) is 5.10 Å². The van der Waals surface area contributed by atoms with Crippen LogP contribution in [0.5, 0.6) is 17.2 Å². The fourth-order valence-electron chi connectivity index (χ4n) is 3.73. The first-order chi connectivity index (χ1) is 17.4. The van der Waals surface area contributed by atoms with E-state index in [0.29, 0.717) is 29.3 Å². The fourth-order valence-corrected chi connectivity index (χ4v) is 3.73. The molecule has 1 aromatic heterocycles. The summed E-state index contributed by atoms with van der Waals surface area (Å²) in [6, 6.07) is 16.9. The molecular weight excluding hydrogens is 466 g/mol. The maximum absolute atomic E-state index is 12.7. The number of nitro benzene ring substituents is 1. The van der Waals surface area contributed by atoms with Gasteiger partial charge in [-0.15, -0.1) is 0 Å². The second-order valence-electron chi connectivity index (χ2n) is 7.77. The van der Waals surface area contributed by atoms with Crippen LogP contribution in [-0.2, 0) is 17.8 Å². The molecule has 0 radical (unpaired) electrons. The van der Waals surface area contributed by atoms with Gasteiger partial charge in [-0.1, -0.05) is 18.2 Å². The molecule has 184 valence electrons. The van der Waals surface area contributed by atoms with Crippen molar-refractivity contribution >= 4 is 28.8 Å². The summed E-state index contributed by atoms with van der Waals surface area (Å²) in [5.41, 5.74) is 4.81. The number of carbonyl (C=O) groups is 1. The summed E-state index contributed by atoms with van der Waals surface area (Å²) in [6.45, 7) is -0.0454. The van der Waals surface area contributed by atoms with E-state index in [4.69, 9.17) is 14.5 Å². The third-order valence-corrected chi connectivity index (χ3v) is 5.44. The summed E-state index contributed by atoms with van der Waals surface area (Å²) < 4.78 is 12.5. The zero-order valence-corrected chi connectivity index (χ0v) is 19.5. The van der Waals surface area contributed by atoms with Gasteiger partial charge < -0.3 is 19.1 Å². The highest BCUT2D eigenvalue weighted by Crippen LogP contribution is 2.29. The minimum absolute atomic E-state index is 0.0454. The number of aromatic hydroxyl groups is 1. The average Bonchev–Trinajstić information content (AvgIpc) is 3.21. The van der Waals surface area contributed by atoms with Crippen molar-refractivity contribution in [1.29, 1.82) is 0 Å². The van der Waals surface area contributed by atoms with Crippen molar-refractivity contribution in [3.63, 3.8) is 0 Å². The average molecular weight is 489 g/mol. The number of hydrazone groups is 1. The number of hydrogen-bond acceptors (Lipinski definition) is 8. The number of benzene rings is 3. The quantitative estimate of drug-likeness (QED) is 0.208. The van der Waals surface area contributed by atoms with Crippen molar-refractivity contribution in [3.05, 3.63) is 87.7 Å². The van der Waals surface area contributed by atoms with Crippen LogP contribution in [0.25, 0.3) is 11.0 Å². The number of para-hydroxylation sites is 2. The summed E-state index contributed by atoms with van der Waals surface area (Å²) in [4.78, 5) is 27.7. The van der Waals surface area contributed by atoms with Crippen LogP contribution < -0.4 is 14.9 Å². The number of fused-ring (bicyclic) bond motifs is 1. The van der Waals surface area contributed by atoms with Gasteiger partial charge in [0.15, 0.2) is 17.2 Å². The maximum Gasteiger partial charge on any atom is 0.311 e. The van der Waals surface area contributed by atoms with Gasteiger partial charge in [0.05, 0.1) is 36.4 Å². The second-order valence-corrected chi connectivity index (χ2v) is 7.77. The van der Waals surface area contributed by atoms with Crippen LogP contribution in [0.2, 0.25) is 0 Å². The van der Waals surface area contributed by atoms with Crippen LogP contribution in [0.3, 0.4) is 0 Å². The number of rotatable bonds is 9. The highest BCUT2D eigenvalue weighted by atomic mass is 16.6. The molecule has 0 unspecified atom stereocenters. The van der Waals surface area contributed by atoms with E-state index in [1.165, 1.54) is 18.3 Å². The summed E-state index contributed by atoms with van der Waals surface area (Å²) in [6.07, 6.45) is 1.71. The molecule has 1 heterocycles. The monoisotopic (exact) mass is 489 g/mol. The van der Waals surface area contributed by atoms with E-state index in [1.807, 2.05) is 47.0 Å². The van der Waals surface area contributed by atoms with Gasteiger partial charge in [0, 0.05) is 18.1 Å². The number of aromatic nitrogens is 2. The number of ether oxygens (including phenoxy) is 2. The maximum atomic E-state index is 12.7. The SMILES string of the molecule is COc1ccc(Cc2nc3ccccc3n2CC(=O)N/N=C\c2ccc(O)c([N+](=O)[O-])c2)cc1OC. The van der Waals surface area contributed by atoms with Crippen LogP contribution in [0.4, 0.5) is 5.69 Å². The van der Waals surface area contributed by atoms with Gasteiger partial charge in [0.1, 0.15) is 12.4 Å². The molecule has 36 heavy (non-hydrogen) atoms. The van der Waals surface area contributed by atoms with E-state index in [-0.39, 0.29) is 6.54 Å². The van der Waals surface area contributed by atoms with Crippen LogP contribution in [0.15, 0.2) is 65.8 Å². The molecule has 4 rings (SSSR count). The lowest BCUT2D eigenvalue weighted by atomic mass is 10.1. The lowest BCUT2D eigenvalue weighted by Crippen LogP contribution is -2.24. The predicted octanol–water partition coefficient (Wildman–Crippen LogP) is 3.41. The Morgan fingerprint density at radius 1 is 1.14 bits per heavy atom. The van der Waals surface area contributed by atoms with Gasteiger partial charge in [-0.3, -0.25) is 14.9 Å². The number of methoxy groups -OCH3 is 2. The summed E-state index contributed by atoms with van der Waals surface area (Å²) in [5, 5.41) is 24.4. The second kappa shape index (κ2) is 10.6. The van der Waals surface area contributed by atoms with Crippen LogP contribution in [0.1, 0.15) is 17.0 Å². The Balaban J connectivity index is 1.54. The first-order valence-electron chi connectivity index (χ1n) is 10.8. The number of nitrogens with zero attached hydrogens (tertiary/aromatic N) is 4. The lowest BCUT2D eigenvalue weighted by Gasteiger charge is -2.11. The summed E-state index contributed by atoms with van der Waals surface area (Å²) >= 11 is 0. The molecule has 0 bridgehead atoms. The minimum atomic E-state index is -0.699. The Hall–Kier alpha value is -4.93. The normalized spacial score (nSPS) is 11.1. The van der Waals surface area contributed by atoms with Crippen molar-refractivity contribution in [1.82, 2.24) is 15.0 Å². The molecule has 3 aromatic carbocycles. The lowest BCUT2D eigenvalue weighted by molar-refractivity contribution is -0.385. The van der Waals surface area contributed by atoms with Crippen molar-refractivity contribution in [3.8, 4) is 17.2 Å². The summed E-state index contributed by atoms with van der Waals surface area (Å²) in [7, 11) is 3.14. The van der Waals surface area contributed by atoms with Gasteiger partial charge in [0.2, 0.25) is 0 Å². The van der Waals surface area contributed by atoms with E-state index in [1.54, 1.807) is 14.2 Å². The number of nitrogens with one attached hydrogen (secondary N) is 1. The van der Waals surface area contributed by atoms with E-state index in [9.17, 15) is 20.0 Å². The van der Waals surface area contributed by atoms with E-state index < -0.39 is 22.3 Å². The number of nitro groups is 1. The number of hydrogen-bond donors (Lipinski definition) is 2. The van der Waals surface area contributed by atoms with E-state index >= 15 is 0 Å². The number of phenols is 1. The Bertz CT molecular complexity index is 1460. The highest BCUT2D eigenvalue weighted by molar-refractivity contribution is 5.84. The number of carbonyl (C=O) groups excluding carboxylic acids is 1. The molecule has 2 N–H and O–H groups in total. The van der Waals surface area contributed by atoms with Crippen molar-refractivity contribution < 1.29 is 24.3 Å². The van der Waals surface area contributed by atoms with Crippen LogP contribution >= 0.6 is 0 Å². The molecule has 0 saturated carbocycles. The number of imidazole rings is 1. The topological polar surface area (TPSA) is 141 Å². The van der Waals surface area contributed by atoms with Crippen LogP contribution in [0, 0.1) is 10.1 Å². The first kappa shape index (κ1) is 24.2. The Morgan fingerprint density at radius 2 is 1.92 bits per heavy atom. The molecule has 0 spiro atoms. The number of phenolic OH excluding ortho intramolecular Hbond substituents is 1. The molecule has 0 aliphatic carbocycles. The third-order valence-electron chi connectivity index (χ3n) is 5.44. The molecule has 0 atom stereocenters. The molecule has 0 aliphatic rings. The minimum Gasteiger partial charge on any atom is -0.502 e. The van der Waals surface area contributed by atoms with Crippen LogP contribution in [-0.4, -0.2) is 45.9 Å². The van der Waals surface area contributed by atoms with E-state index in [2.05, 4.69) is 10.5 Å². The molecule has 0 aliphatic heterocycles. The van der Waals surface area contributed by atoms with Gasteiger partial charge >= 0.3 is 5.69 Å². The molecule has 0 fully saturated rings. The Kier molecular flexibility index (Phi) is 7.10. The summed E-state index contributed by atoms with van der Waals surface area (Å²) in [5.74, 6) is 1.04. The van der Waals surface area contributed by atoms with Gasteiger partial charge in [-0.05, 0) is 42.0 Å². The zero-order chi connectivity index (χ0) is 25.7. The Morgan fingerprint density at radius 3 is 2.67 bits per heavy atom.